The summed E-state index contributed by atoms with van der Waals surface area (Å²) in [6, 6.07) is 3.53. The van der Waals surface area contributed by atoms with Crippen molar-refractivity contribution < 1.29 is 9.90 Å². The van der Waals surface area contributed by atoms with Crippen LogP contribution < -0.4 is 0 Å². The van der Waals surface area contributed by atoms with E-state index < -0.39 is 5.97 Å². The van der Waals surface area contributed by atoms with Crippen molar-refractivity contribution in [3.05, 3.63) is 29.6 Å². The lowest BCUT2D eigenvalue weighted by molar-refractivity contribution is 0.0690. The summed E-state index contributed by atoms with van der Waals surface area (Å²) < 4.78 is 0. The van der Waals surface area contributed by atoms with Crippen molar-refractivity contribution in [3.63, 3.8) is 0 Å². The number of carboxylic acid groups (broad SMARTS) is 1. The minimum absolute atomic E-state index is 0.118. The molecular weight excluding hydrogens is 168 g/mol. The van der Waals surface area contributed by atoms with Gasteiger partial charge in [0, 0.05) is 6.20 Å². The van der Waals surface area contributed by atoms with Gasteiger partial charge in [-0.05, 0) is 24.6 Å². The van der Waals surface area contributed by atoms with Gasteiger partial charge in [0.1, 0.15) is 0 Å². The maximum atomic E-state index is 10.7. The fourth-order valence-electron chi connectivity index (χ4n) is 1.30. The van der Waals surface area contributed by atoms with Crippen molar-refractivity contribution >= 4 is 17.0 Å². The van der Waals surface area contributed by atoms with Crippen LogP contribution in [-0.2, 0) is 0 Å². The van der Waals surface area contributed by atoms with Gasteiger partial charge in [0.2, 0.25) is 0 Å². The first-order valence-electron chi connectivity index (χ1n) is 3.86. The molecule has 0 aliphatic rings. The average Bonchev–Trinajstić information content (AvgIpc) is 2.48. The van der Waals surface area contributed by atoms with Crippen molar-refractivity contribution in [3.8, 4) is 0 Å². The Bertz CT molecular complexity index is 473. The normalized spacial score (nSPS) is 10.5. The Balaban J connectivity index is 2.76. The molecule has 66 valence electrons. The highest BCUT2D eigenvalue weighted by Gasteiger charge is 2.10. The molecular formula is C9H8N2O2. The first kappa shape index (κ1) is 7.79. The average molecular weight is 176 g/mol. The molecule has 0 bridgehead atoms. The van der Waals surface area contributed by atoms with Crippen LogP contribution in [0.2, 0.25) is 0 Å². The number of carboxylic acids is 1. The number of hydrogen-bond donors (Lipinski definition) is 2. The number of pyridine rings is 1. The molecule has 4 heteroatoms. The molecule has 0 atom stereocenters. The van der Waals surface area contributed by atoms with E-state index >= 15 is 0 Å². The molecule has 2 aromatic heterocycles. The van der Waals surface area contributed by atoms with Crippen LogP contribution in [-0.4, -0.2) is 21.0 Å². The Morgan fingerprint density at radius 3 is 3.08 bits per heavy atom. The van der Waals surface area contributed by atoms with Crippen LogP contribution in [0.3, 0.4) is 0 Å². The molecule has 0 radical (unpaired) electrons. The van der Waals surface area contributed by atoms with E-state index in [0.29, 0.717) is 11.1 Å². The van der Waals surface area contributed by atoms with Crippen LogP contribution in [0.25, 0.3) is 11.0 Å². The number of aromatic amines is 1. The van der Waals surface area contributed by atoms with Gasteiger partial charge in [-0.3, -0.25) is 0 Å². The van der Waals surface area contributed by atoms with Crippen molar-refractivity contribution in [2.45, 2.75) is 6.92 Å². The van der Waals surface area contributed by atoms with Gasteiger partial charge < -0.3 is 10.1 Å². The smallest absolute Gasteiger partial charge is 0.354 e. The van der Waals surface area contributed by atoms with Gasteiger partial charge in [0.05, 0.1) is 11.0 Å². The van der Waals surface area contributed by atoms with E-state index in [-0.39, 0.29) is 5.69 Å². The Hall–Kier alpha value is -1.84. The van der Waals surface area contributed by atoms with Crippen molar-refractivity contribution in [1.82, 2.24) is 9.97 Å². The van der Waals surface area contributed by atoms with E-state index in [1.165, 1.54) is 0 Å². The van der Waals surface area contributed by atoms with Gasteiger partial charge in [0.15, 0.2) is 5.69 Å². The Labute approximate surface area is 74.2 Å². The van der Waals surface area contributed by atoms with Crippen molar-refractivity contribution in [2.24, 2.45) is 0 Å². The second-order valence-corrected chi connectivity index (χ2v) is 2.87. The third kappa shape index (κ3) is 1.16. The first-order valence-corrected chi connectivity index (χ1v) is 3.86. The molecule has 0 aliphatic carbocycles. The molecule has 0 saturated heterocycles. The Morgan fingerprint density at radius 1 is 1.62 bits per heavy atom. The summed E-state index contributed by atoms with van der Waals surface area (Å²) in [6.07, 6.45) is 1.74. The zero-order chi connectivity index (χ0) is 9.42. The molecule has 0 aliphatic heterocycles. The monoisotopic (exact) mass is 176 g/mol. The molecule has 0 aromatic carbocycles. The number of fused-ring (bicyclic) bond motifs is 1. The summed E-state index contributed by atoms with van der Waals surface area (Å²) in [4.78, 5) is 17.7. The number of nitrogens with one attached hydrogen (secondary N) is 1. The summed E-state index contributed by atoms with van der Waals surface area (Å²) in [5, 5.41) is 8.79. The first-order chi connectivity index (χ1) is 6.18. The van der Waals surface area contributed by atoms with Crippen LogP contribution in [0.1, 0.15) is 16.1 Å². The summed E-state index contributed by atoms with van der Waals surface area (Å²) >= 11 is 0. The van der Waals surface area contributed by atoms with Crippen molar-refractivity contribution in [2.75, 3.05) is 0 Å². The van der Waals surface area contributed by atoms with Crippen LogP contribution in [0.4, 0.5) is 0 Å². The maximum absolute atomic E-state index is 10.7. The van der Waals surface area contributed by atoms with E-state index in [4.69, 9.17) is 5.11 Å². The number of rotatable bonds is 1. The van der Waals surface area contributed by atoms with Gasteiger partial charge in [0.25, 0.3) is 0 Å². The van der Waals surface area contributed by atoms with Gasteiger partial charge in [-0.25, -0.2) is 9.78 Å². The van der Waals surface area contributed by atoms with Gasteiger partial charge >= 0.3 is 5.97 Å². The number of hydrogen-bond acceptors (Lipinski definition) is 2. The highest BCUT2D eigenvalue weighted by molar-refractivity contribution is 5.90. The fourth-order valence-corrected chi connectivity index (χ4v) is 1.30. The molecule has 4 nitrogen and oxygen atoms in total. The molecule has 0 saturated carbocycles. The zero-order valence-corrected chi connectivity index (χ0v) is 7.03. The predicted molar refractivity (Wildman–Crippen MR) is 47.8 cm³/mol. The van der Waals surface area contributed by atoms with Crippen LogP contribution in [0, 0.1) is 6.92 Å². The molecule has 0 spiro atoms. The number of H-pyrrole nitrogens is 1. The molecule has 2 rings (SSSR count). The minimum Gasteiger partial charge on any atom is -0.477 e. The molecule has 13 heavy (non-hydrogen) atoms. The molecule has 2 heterocycles. The van der Waals surface area contributed by atoms with Crippen LogP contribution >= 0.6 is 0 Å². The molecule has 2 aromatic rings. The largest absolute Gasteiger partial charge is 0.477 e. The van der Waals surface area contributed by atoms with E-state index in [1.807, 2.05) is 0 Å². The second kappa shape index (κ2) is 2.58. The topological polar surface area (TPSA) is 66.0 Å². The lowest BCUT2D eigenvalue weighted by Crippen LogP contribution is -2.02. The Kier molecular flexibility index (Phi) is 1.55. The van der Waals surface area contributed by atoms with Gasteiger partial charge in [-0.2, -0.15) is 0 Å². The van der Waals surface area contributed by atoms with Gasteiger partial charge in [-0.1, -0.05) is 0 Å². The number of aromatic carboxylic acids is 1. The number of carbonyl (C=O) groups is 1. The minimum atomic E-state index is -0.986. The van der Waals surface area contributed by atoms with E-state index in [1.54, 1.807) is 25.3 Å². The maximum Gasteiger partial charge on any atom is 0.354 e. The third-order valence-corrected chi connectivity index (χ3v) is 1.93. The van der Waals surface area contributed by atoms with E-state index in [9.17, 15) is 4.79 Å². The fraction of sp³-hybridized carbons (Fsp3) is 0.111. The summed E-state index contributed by atoms with van der Waals surface area (Å²) in [5.41, 5.74) is 2.33. The standard InChI is InChI=1S/C9H8N2O2/c1-5-4-7-6(2-3-10-7)11-8(5)9(12)13/h2-4,10H,1H3,(H,12,13). The lowest BCUT2D eigenvalue weighted by Gasteiger charge is -1.98. The molecule has 0 unspecified atom stereocenters. The quantitative estimate of drug-likeness (QED) is 0.693. The molecule has 2 N–H and O–H groups in total. The summed E-state index contributed by atoms with van der Waals surface area (Å²) in [5.74, 6) is -0.986. The molecule has 0 amide bonds. The SMILES string of the molecule is Cc1cc2[nH]ccc2nc1C(=O)O. The zero-order valence-electron chi connectivity index (χ0n) is 7.03. The number of nitrogens with zero attached hydrogens (tertiary/aromatic N) is 1. The highest BCUT2D eigenvalue weighted by atomic mass is 16.4. The van der Waals surface area contributed by atoms with Crippen LogP contribution in [0.15, 0.2) is 18.3 Å². The van der Waals surface area contributed by atoms with E-state index in [2.05, 4.69) is 9.97 Å². The Morgan fingerprint density at radius 2 is 2.38 bits per heavy atom. The molecule has 0 fully saturated rings. The van der Waals surface area contributed by atoms with E-state index in [0.717, 1.165) is 5.52 Å². The predicted octanol–water partition coefficient (Wildman–Crippen LogP) is 1.57. The lowest BCUT2D eigenvalue weighted by atomic mass is 10.2. The number of aromatic nitrogens is 2. The number of aryl methyl sites for hydroxylation is 1. The second-order valence-electron chi connectivity index (χ2n) is 2.87. The van der Waals surface area contributed by atoms with Crippen molar-refractivity contribution in [1.29, 1.82) is 0 Å². The summed E-state index contributed by atoms with van der Waals surface area (Å²) in [6.45, 7) is 1.73. The van der Waals surface area contributed by atoms with Crippen LogP contribution in [0.5, 0.6) is 0 Å². The highest BCUT2D eigenvalue weighted by Crippen LogP contribution is 2.14. The summed E-state index contributed by atoms with van der Waals surface area (Å²) in [7, 11) is 0. The van der Waals surface area contributed by atoms with Gasteiger partial charge in [-0.15, -0.1) is 0 Å². The third-order valence-electron chi connectivity index (χ3n) is 1.93.